The number of amides is 1. The van der Waals surface area contributed by atoms with Crippen molar-refractivity contribution in [2.75, 3.05) is 14.1 Å². The molecule has 4 saturated heterocycles. The molecule has 0 aromatic heterocycles. The van der Waals surface area contributed by atoms with Gasteiger partial charge in [0.1, 0.15) is 5.78 Å². The van der Waals surface area contributed by atoms with Gasteiger partial charge in [0.2, 0.25) is 5.79 Å². The van der Waals surface area contributed by atoms with Crippen molar-refractivity contribution in [2.45, 2.75) is 199 Å². The number of ether oxygens (including phenoxy) is 6. The molecule has 5 aliphatic heterocycles. The van der Waals surface area contributed by atoms with Crippen LogP contribution in [-0.4, -0.2) is 118 Å². The highest BCUT2D eigenvalue weighted by Crippen LogP contribution is 2.54. The quantitative estimate of drug-likeness (QED) is 0.165. The number of aliphatic carboxylic acids is 1. The highest BCUT2D eigenvalue weighted by atomic mass is 16.8. The molecule has 13 heteroatoms. The Balaban J connectivity index is 1.38. The Morgan fingerprint density at radius 3 is 2.16 bits per heavy atom. The lowest BCUT2D eigenvalue weighted by Crippen LogP contribution is -2.63. The molecule has 13 nitrogen and oxygen atoms in total. The SMILES string of the molecule is CC[C@@H](C(=O)[C@@H](C)[C@@H](O)[C@H](C)[C@@H]1O[C@@H]([C@@H](CC)C(=O)O)CC[C@@H]1C)[C@H]1O[C@]2(C=C[C@@H](OC(=O)N(C)C)[C@]3(CC[C@@](C)([C@H]4CC[C@](O)(CC)[C@H](C)O4)O3)O2)[C@H](C)C[C@@H]1C. The monoisotopic (exact) mass is 822 g/mol. The average molecular weight is 822 g/mol. The van der Waals surface area contributed by atoms with Gasteiger partial charge in [0.25, 0.3) is 0 Å². The number of rotatable bonds is 13. The van der Waals surface area contributed by atoms with Gasteiger partial charge in [0.05, 0.1) is 53.7 Å². The number of carboxylic acid groups (broad SMARTS) is 1. The number of nitrogens with zero attached hydrogens (tertiary/aromatic N) is 1. The van der Waals surface area contributed by atoms with Crippen LogP contribution in [0.3, 0.4) is 0 Å². The van der Waals surface area contributed by atoms with E-state index < -0.39 is 95.1 Å². The third kappa shape index (κ3) is 8.93. The molecule has 18 atom stereocenters. The van der Waals surface area contributed by atoms with E-state index in [2.05, 4.69) is 20.8 Å². The zero-order chi connectivity index (χ0) is 43.1. The fourth-order valence-corrected chi connectivity index (χ4v) is 10.8. The van der Waals surface area contributed by atoms with Crippen molar-refractivity contribution in [1.82, 2.24) is 4.90 Å². The maximum atomic E-state index is 14.6. The van der Waals surface area contributed by atoms with E-state index in [0.29, 0.717) is 57.8 Å². The van der Waals surface area contributed by atoms with E-state index >= 15 is 0 Å². The predicted molar refractivity (Wildman–Crippen MR) is 217 cm³/mol. The summed E-state index contributed by atoms with van der Waals surface area (Å²) in [4.78, 5) is 41.0. The van der Waals surface area contributed by atoms with Gasteiger partial charge in [0.15, 0.2) is 11.9 Å². The van der Waals surface area contributed by atoms with Crippen molar-refractivity contribution in [2.24, 2.45) is 41.4 Å². The van der Waals surface area contributed by atoms with Crippen LogP contribution in [-0.2, 0) is 38.0 Å². The number of carbonyl (C=O) groups excluding carboxylic acids is 2. The van der Waals surface area contributed by atoms with Crippen LogP contribution < -0.4 is 0 Å². The van der Waals surface area contributed by atoms with Gasteiger partial charge in [-0.15, -0.1) is 0 Å². The summed E-state index contributed by atoms with van der Waals surface area (Å²) in [6, 6.07) is 0. The average Bonchev–Trinajstić information content (AvgIpc) is 3.52. The molecule has 1 amide bonds. The molecular weight excluding hydrogens is 746 g/mol. The number of ketones is 1. The maximum Gasteiger partial charge on any atom is 0.410 e. The first kappa shape index (κ1) is 46.9. The van der Waals surface area contributed by atoms with Crippen LogP contribution in [0.4, 0.5) is 4.79 Å². The summed E-state index contributed by atoms with van der Waals surface area (Å²) in [5.74, 6) is -6.15. The molecular formula is C45H75NO12. The Morgan fingerprint density at radius 2 is 1.57 bits per heavy atom. The zero-order valence-electron chi connectivity index (χ0n) is 37.3. The maximum absolute atomic E-state index is 14.6. The highest BCUT2D eigenvalue weighted by Gasteiger charge is 2.64. The van der Waals surface area contributed by atoms with Crippen LogP contribution >= 0.6 is 0 Å². The molecule has 0 bridgehead atoms. The normalized spacial score (nSPS) is 43.0. The van der Waals surface area contributed by atoms with Gasteiger partial charge < -0.3 is 48.6 Å². The van der Waals surface area contributed by atoms with Crippen molar-refractivity contribution in [3.8, 4) is 0 Å². The molecule has 0 unspecified atom stereocenters. The zero-order valence-corrected chi connectivity index (χ0v) is 37.3. The summed E-state index contributed by atoms with van der Waals surface area (Å²) in [6.07, 6.45) is 4.76. The lowest BCUT2D eigenvalue weighted by atomic mass is 9.72. The first-order valence-corrected chi connectivity index (χ1v) is 22.2. The van der Waals surface area contributed by atoms with E-state index in [1.807, 2.05) is 53.7 Å². The molecule has 0 saturated carbocycles. The Hall–Kier alpha value is -2.13. The van der Waals surface area contributed by atoms with E-state index in [-0.39, 0.29) is 29.6 Å². The first-order valence-electron chi connectivity index (χ1n) is 22.2. The van der Waals surface area contributed by atoms with Gasteiger partial charge in [-0.25, -0.2) is 4.79 Å². The van der Waals surface area contributed by atoms with E-state index in [1.54, 1.807) is 21.0 Å². The van der Waals surface area contributed by atoms with Crippen molar-refractivity contribution in [3.63, 3.8) is 0 Å². The van der Waals surface area contributed by atoms with Gasteiger partial charge >= 0.3 is 12.1 Å². The van der Waals surface area contributed by atoms with Crippen molar-refractivity contribution in [3.05, 3.63) is 12.2 Å². The van der Waals surface area contributed by atoms with Crippen molar-refractivity contribution < 1.29 is 58.1 Å². The number of hydrogen-bond donors (Lipinski definition) is 3. The van der Waals surface area contributed by atoms with Crippen molar-refractivity contribution in [1.29, 1.82) is 0 Å². The second-order valence-corrected chi connectivity index (χ2v) is 19.2. The van der Waals surface area contributed by atoms with E-state index in [4.69, 9.17) is 28.4 Å². The van der Waals surface area contributed by atoms with Gasteiger partial charge in [-0.2, -0.15) is 0 Å². The fourth-order valence-electron chi connectivity index (χ4n) is 10.8. The Labute approximate surface area is 346 Å². The molecule has 4 fully saturated rings. The standard InChI is InChI=1S/C45H75NO12/c1-13-31(40(49)50)33-17-16-25(4)38(54-33)29(8)36(47)28(7)37(48)32(14-2)39-26(5)24-27(6)44(56-39)21-19-35(55-41(51)46(11)12)45(58-44)23-22-42(10,57-45)34-18-20-43(52,15-3)30(9)53-34/h19,21,25-36,38-39,47,52H,13-18,20,22-24H2,1-12H3,(H,49,50)/t25-,26-,27+,28-,29-,30-,31+,32-,33+,34+,35+,36+,38+,39-,42-,43+,44-,45-/m0/s1. The molecule has 5 rings (SSSR count). The smallest absolute Gasteiger partial charge is 0.410 e. The van der Waals surface area contributed by atoms with Crippen LogP contribution in [0.2, 0.25) is 0 Å². The topological polar surface area (TPSA) is 171 Å². The van der Waals surface area contributed by atoms with E-state index in [0.717, 1.165) is 6.42 Å². The molecule has 5 heterocycles. The van der Waals surface area contributed by atoms with Crippen LogP contribution in [0.1, 0.15) is 133 Å². The third-order valence-electron chi connectivity index (χ3n) is 15.0. The lowest BCUT2D eigenvalue weighted by molar-refractivity contribution is -0.408. The van der Waals surface area contributed by atoms with Crippen molar-refractivity contribution >= 4 is 17.8 Å². The van der Waals surface area contributed by atoms with Gasteiger partial charge in [-0.05, 0) is 95.6 Å². The number of aliphatic hydroxyl groups is 2. The molecule has 332 valence electrons. The minimum atomic E-state index is -1.42. The minimum absolute atomic E-state index is 0.0257. The number of hydrogen-bond acceptors (Lipinski definition) is 11. The molecule has 2 spiro atoms. The second-order valence-electron chi connectivity index (χ2n) is 19.2. The molecule has 0 aromatic carbocycles. The first-order chi connectivity index (χ1) is 27.1. The van der Waals surface area contributed by atoms with Crippen LogP contribution in [0.25, 0.3) is 0 Å². The summed E-state index contributed by atoms with van der Waals surface area (Å²) in [6.45, 7) is 19.6. The summed E-state index contributed by atoms with van der Waals surface area (Å²) >= 11 is 0. The summed E-state index contributed by atoms with van der Waals surface area (Å²) in [5, 5.41) is 32.8. The summed E-state index contributed by atoms with van der Waals surface area (Å²) in [5.41, 5.74) is -1.74. The molecule has 0 aliphatic carbocycles. The Kier molecular flexibility index (Phi) is 14.6. The number of aliphatic hydroxyl groups excluding tert-OH is 1. The van der Waals surface area contributed by atoms with Crippen LogP contribution in [0.15, 0.2) is 12.2 Å². The molecule has 5 aliphatic rings. The fraction of sp³-hybridized carbons (Fsp3) is 0.889. The van der Waals surface area contributed by atoms with Gasteiger partial charge in [-0.3, -0.25) is 9.59 Å². The molecule has 0 aromatic rings. The van der Waals surface area contributed by atoms with E-state index in [1.165, 1.54) is 4.90 Å². The Bertz CT molecular complexity index is 1490. The third-order valence-corrected chi connectivity index (χ3v) is 15.0. The number of carbonyl (C=O) groups is 3. The van der Waals surface area contributed by atoms with Crippen LogP contribution in [0, 0.1) is 41.4 Å². The van der Waals surface area contributed by atoms with E-state index in [9.17, 15) is 29.7 Å². The molecule has 3 N–H and O–H groups in total. The predicted octanol–water partition coefficient (Wildman–Crippen LogP) is 6.89. The lowest BCUT2D eigenvalue weighted by Gasteiger charge is -2.54. The van der Waals surface area contributed by atoms with Gasteiger partial charge in [-0.1, -0.05) is 55.4 Å². The highest BCUT2D eigenvalue weighted by molar-refractivity contribution is 5.84. The summed E-state index contributed by atoms with van der Waals surface area (Å²) < 4.78 is 40.2. The van der Waals surface area contributed by atoms with Crippen LogP contribution in [0.5, 0.6) is 0 Å². The second kappa shape index (κ2) is 18.1. The largest absolute Gasteiger partial charge is 0.481 e. The number of carboxylic acids is 1. The summed E-state index contributed by atoms with van der Waals surface area (Å²) in [7, 11) is 3.24. The molecule has 0 radical (unpaired) electrons. The molecule has 58 heavy (non-hydrogen) atoms. The van der Waals surface area contributed by atoms with Gasteiger partial charge in [0, 0.05) is 44.2 Å². The Morgan fingerprint density at radius 1 is 0.897 bits per heavy atom. The minimum Gasteiger partial charge on any atom is -0.481 e. The number of Topliss-reactive ketones (excluding diaryl/α,β-unsaturated/α-hetero) is 1.